The molecule has 6 nitrogen and oxygen atoms in total. The molecule has 1 fully saturated rings. The van der Waals surface area contributed by atoms with Crippen molar-refractivity contribution in [2.24, 2.45) is 0 Å². The van der Waals surface area contributed by atoms with Gasteiger partial charge in [0.25, 0.3) is 5.91 Å². The van der Waals surface area contributed by atoms with E-state index in [9.17, 15) is 14.4 Å². The average Bonchev–Trinajstić information content (AvgIpc) is 3.26. The number of nitrogens with one attached hydrogen (secondary N) is 1. The number of carbonyl (C=O) groups is 3. The van der Waals surface area contributed by atoms with Crippen molar-refractivity contribution in [3.8, 4) is 0 Å². The monoisotopic (exact) mass is 349 g/mol. The van der Waals surface area contributed by atoms with Gasteiger partial charge in [-0.3, -0.25) is 14.4 Å². The number of nitrogens with zero attached hydrogens (tertiary/aromatic N) is 2. The van der Waals surface area contributed by atoms with E-state index >= 15 is 0 Å². The molecule has 0 spiro atoms. The summed E-state index contributed by atoms with van der Waals surface area (Å²) in [7, 11) is 0. The first kappa shape index (κ1) is 15.8. The third-order valence-corrected chi connectivity index (χ3v) is 5.50. The van der Waals surface area contributed by atoms with Gasteiger partial charge < -0.3 is 10.2 Å². The summed E-state index contributed by atoms with van der Waals surface area (Å²) in [5.74, 6) is -0.448. The van der Waals surface area contributed by atoms with E-state index in [-0.39, 0.29) is 17.6 Å². The zero-order valence-corrected chi connectivity index (χ0v) is 14.1. The molecule has 2 aromatic heterocycles. The zero-order chi connectivity index (χ0) is 16.4. The van der Waals surface area contributed by atoms with Crippen LogP contribution in [-0.2, 0) is 4.79 Å². The Hall–Kier alpha value is -2.06. The zero-order valence-electron chi connectivity index (χ0n) is 12.4. The number of hydrogen-bond acceptors (Lipinski definition) is 6. The van der Waals surface area contributed by atoms with Crippen LogP contribution in [0.15, 0.2) is 23.7 Å². The van der Waals surface area contributed by atoms with Gasteiger partial charge in [-0.2, -0.15) is 0 Å². The standard InChI is InChI=1S/C15H15N3O3S2/c1-9(19)12-8-16-15(23-12)17-13(20)10-4-2-6-18(10)14(21)11-5-3-7-22-11/h3,5,7-8,10H,2,4,6H2,1H3,(H,16,17,20)/t10-/m0/s1. The fourth-order valence-corrected chi connectivity index (χ4v) is 3.90. The first-order chi connectivity index (χ1) is 11.1. The number of anilines is 1. The van der Waals surface area contributed by atoms with Crippen molar-refractivity contribution in [3.63, 3.8) is 0 Å². The second-order valence-corrected chi connectivity index (χ2v) is 7.19. The van der Waals surface area contributed by atoms with Gasteiger partial charge in [0.15, 0.2) is 10.9 Å². The molecule has 1 aliphatic rings. The molecule has 0 aliphatic carbocycles. The normalized spacial score (nSPS) is 17.3. The van der Waals surface area contributed by atoms with E-state index in [1.54, 1.807) is 11.0 Å². The highest BCUT2D eigenvalue weighted by Crippen LogP contribution is 2.24. The largest absolute Gasteiger partial charge is 0.326 e. The lowest BCUT2D eigenvalue weighted by Gasteiger charge is -2.22. The number of rotatable bonds is 4. The number of amides is 2. The molecule has 2 aromatic rings. The number of Topliss-reactive ketones (excluding diaryl/α,β-unsaturated/α-hetero) is 1. The van der Waals surface area contributed by atoms with Crippen LogP contribution >= 0.6 is 22.7 Å². The quantitative estimate of drug-likeness (QED) is 0.861. The van der Waals surface area contributed by atoms with Gasteiger partial charge in [0.05, 0.1) is 16.0 Å². The molecular formula is C15H15N3O3S2. The number of likely N-dealkylation sites (tertiary alicyclic amines) is 1. The van der Waals surface area contributed by atoms with Crippen molar-refractivity contribution in [1.82, 2.24) is 9.88 Å². The van der Waals surface area contributed by atoms with Crippen molar-refractivity contribution in [2.75, 3.05) is 11.9 Å². The van der Waals surface area contributed by atoms with Gasteiger partial charge in [-0.1, -0.05) is 17.4 Å². The van der Waals surface area contributed by atoms with Crippen LogP contribution in [0.4, 0.5) is 5.13 Å². The van der Waals surface area contributed by atoms with Crippen molar-refractivity contribution in [2.45, 2.75) is 25.8 Å². The van der Waals surface area contributed by atoms with Crippen molar-refractivity contribution >= 4 is 45.4 Å². The molecule has 1 N–H and O–H groups in total. The summed E-state index contributed by atoms with van der Waals surface area (Å²) >= 11 is 2.51. The van der Waals surface area contributed by atoms with Crippen LogP contribution in [-0.4, -0.2) is 40.1 Å². The summed E-state index contributed by atoms with van der Waals surface area (Å²) in [5, 5.41) is 4.94. The van der Waals surface area contributed by atoms with Gasteiger partial charge in [-0.25, -0.2) is 4.98 Å². The Morgan fingerprint density at radius 1 is 1.35 bits per heavy atom. The Balaban J connectivity index is 1.70. The molecule has 0 saturated carbocycles. The molecular weight excluding hydrogens is 334 g/mol. The highest BCUT2D eigenvalue weighted by molar-refractivity contribution is 7.17. The first-order valence-electron chi connectivity index (χ1n) is 7.18. The molecule has 0 aromatic carbocycles. The number of carbonyl (C=O) groups excluding carboxylic acids is 3. The summed E-state index contributed by atoms with van der Waals surface area (Å²) < 4.78 is 0. The van der Waals surface area contributed by atoms with E-state index < -0.39 is 6.04 Å². The van der Waals surface area contributed by atoms with Crippen LogP contribution in [0.5, 0.6) is 0 Å². The van der Waals surface area contributed by atoms with Gasteiger partial charge >= 0.3 is 0 Å². The van der Waals surface area contributed by atoms with Gasteiger partial charge in [-0.05, 0) is 24.3 Å². The lowest BCUT2D eigenvalue weighted by Crippen LogP contribution is -2.42. The Morgan fingerprint density at radius 3 is 2.83 bits per heavy atom. The number of aromatic nitrogens is 1. The van der Waals surface area contributed by atoms with E-state index in [4.69, 9.17) is 0 Å². The van der Waals surface area contributed by atoms with Crippen LogP contribution < -0.4 is 5.32 Å². The summed E-state index contributed by atoms with van der Waals surface area (Å²) in [6.07, 6.45) is 2.88. The highest BCUT2D eigenvalue weighted by atomic mass is 32.1. The van der Waals surface area contributed by atoms with E-state index in [2.05, 4.69) is 10.3 Å². The third-order valence-electron chi connectivity index (χ3n) is 3.63. The number of hydrogen-bond donors (Lipinski definition) is 1. The fourth-order valence-electron chi connectivity index (χ4n) is 2.51. The first-order valence-corrected chi connectivity index (χ1v) is 8.88. The number of thiazole rings is 1. The maximum Gasteiger partial charge on any atom is 0.264 e. The van der Waals surface area contributed by atoms with Crippen molar-refractivity contribution < 1.29 is 14.4 Å². The van der Waals surface area contributed by atoms with Crippen LogP contribution in [0.3, 0.4) is 0 Å². The van der Waals surface area contributed by atoms with Gasteiger partial charge in [0.2, 0.25) is 5.91 Å². The lowest BCUT2D eigenvalue weighted by molar-refractivity contribution is -0.119. The molecule has 2 amide bonds. The summed E-state index contributed by atoms with van der Waals surface area (Å²) in [5.41, 5.74) is 0. The fraction of sp³-hybridized carbons (Fsp3) is 0.333. The molecule has 3 heterocycles. The van der Waals surface area contributed by atoms with E-state index in [0.717, 1.165) is 17.8 Å². The smallest absolute Gasteiger partial charge is 0.264 e. The third kappa shape index (κ3) is 3.32. The Morgan fingerprint density at radius 2 is 2.17 bits per heavy atom. The molecule has 23 heavy (non-hydrogen) atoms. The van der Waals surface area contributed by atoms with Crippen molar-refractivity contribution in [1.29, 1.82) is 0 Å². The van der Waals surface area contributed by atoms with E-state index in [1.165, 1.54) is 24.5 Å². The molecule has 8 heteroatoms. The molecule has 1 saturated heterocycles. The minimum absolute atomic E-state index is 0.0848. The predicted octanol–water partition coefficient (Wildman–Crippen LogP) is 2.65. The number of thiophene rings is 1. The summed E-state index contributed by atoms with van der Waals surface area (Å²) in [4.78, 5) is 43.0. The van der Waals surface area contributed by atoms with Crippen LogP contribution in [0.2, 0.25) is 0 Å². The molecule has 1 aliphatic heterocycles. The minimum Gasteiger partial charge on any atom is -0.326 e. The van der Waals surface area contributed by atoms with E-state index in [0.29, 0.717) is 27.9 Å². The molecule has 120 valence electrons. The highest BCUT2D eigenvalue weighted by Gasteiger charge is 2.35. The predicted molar refractivity (Wildman–Crippen MR) is 89.1 cm³/mol. The Labute approximate surface area is 141 Å². The maximum atomic E-state index is 12.5. The van der Waals surface area contributed by atoms with Crippen LogP contribution in [0.25, 0.3) is 0 Å². The molecule has 0 radical (unpaired) electrons. The number of ketones is 1. The Kier molecular flexibility index (Phi) is 4.53. The molecule has 0 bridgehead atoms. The average molecular weight is 349 g/mol. The molecule has 0 unspecified atom stereocenters. The van der Waals surface area contributed by atoms with Crippen LogP contribution in [0, 0.1) is 0 Å². The van der Waals surface area contributed by atoms with Crippen LogP contribution in [0.1, 0.15) is 39.1 Å². The lowest BCUT2D eigenvalue weighted by atomic mass is 10.2. The SMILES string of the molecule is CC(=O)c1cnc(NC(=O)[C@@H]2CCCN2C(=O)c2cccs2)s1. The Bertz CT molecular complexity index is 739. The summed E-state index contributed by atoms with van der Waals surface area (Å²) in [6.45, 7) is 2.03. The molecule has 1 atom stereocenters. The topological polar surface area (TPSA) is 79.4 Å². The van der Waals surface area contributed by atoms with Gasteiger partial charge in [0.1, 0.15) is 6.04 Å². The summed E-state index contributed by atoms with van der Waals surface area (Å²) in [6, 6.07) is 3.09. The van der Waals surface area contributed by atoms with Crippen molar-refractivity contribution in [3.05, 3.63) is 33.5 Å². The maximum absolute atomic E-state index is 12.5. The molecule has 3 rings (SSSR count). The second kappa shape index (κ2) is 6.59. The minimum atomic E-state index is -0.491. The second-order valence-electron chi connectivity index (χ2n) is 5.21. The van der Waals surface area contributed by atoms with Gasteiger partial charge in [0, 0.05) is 13.5 Å². The van der Waals surface area contributed by atoms with Gasteiger partial charge in [-0.15, -0.1) is 11.3 Å². The van der Waals surface area contributed by atoms with E-state index in [1.807, 2.05) is 11.4 Å².